The van der Waals surface area contributed by atoms with Crippen LogP contribution < -0.4 is 16.0 Å². The van der Waals surface area contributed by atoms with E-state index < -0.39 is 12.1 Å². The zero-order valence-electron chi connectivity index (χ0n) is 22.5. The highest BCUT2D eigenvalue weighted by Crippen LogP contribution is 2.34. The normalized spacial score (nSPS) is 18.0. The third-order valence-electron chi connectivity index (χ3n) is 6.80. The van der Waals surface area contributed by atoms with Crippen molar-refractivity contribution in [3.05, 3.63) is 71.1 Å². The molecule has 1 saturated heterocycles. The Morgan fingerprint density at radius 2 is 1.80 bits per heavy atom. The Balaban J connectivity index is 1.23. The van der Waals surface area contributed by atoms with Crippen LogP contribution in [0, 0.1) is 0 Å². The fourth-order valence-electron chi connectivity index (χ4n) is 4.35. The van der Waals surface area contributed by atoms with Gasteiger partial charge in [0.2, 0.25) is 11.8 Å². The first kappa shape index (κ1) is 28.6. The maximum atomic E-state index is 13.4. The Morgan fingerprint density at radius 1 is 1.05 bits per heavy atom. The van der Waals surface area contributed by atoms with Crippen LogP contribution >= 0.6 is 23.1 Å². The first-order chi connectivity index (χ1) is 19.9. The first-order valence-electron chi connectivity index (χ1n) is 13.4. The van der Waals surface area contributed by atoms with Crippen LogP contribution in [-0.4, -0.2) is 64.0 Å². The van der Waals surface area contributed by atoms with E-state index in [0.29, 0.717) is 28.6 Å². The van der Waals surface area contributed by atoms with E-state index in [0.717, 1.165) is 24.0 Å². The predicted octanol–water partition coefficient (Wildman–Crippen LogP) is 4.25. The number of hydrogen-bond acceptors (Lipinski definition) is 8. The van der Waals surface area contributed by atoms with E-state index in [4.69, 9.17) is 4.74 Å². The van der Waals surface area contributed by atoms with Crippen molar-refractivity contribution in [1.82, 2.24) is 20.5 Å². The molecule has 0 radical (unpaired) electrons. The summed E-state index contributed by atoms with van der Waals surface area (Å²) in [6.07, 6.45) is 2.07. The molecular formula is C29H31N5O5S2. The number of nitrogens with zero attached hydrogens (tertiary/aromatic N) is 2. The largest absolute Gasteiger partial charge is 0.445 e. The van der Waals surface area contributed by atoms with Crippen LogP contribution in [0.1, 0.15) is 41.6 Å². The van der Waals surface area contributed by atoms with E-state index >= 15 is 0 Å². The second-order valence-electron chi connectivity index (χ2n) is 9.82. The predicted molar refractivity (Wildman–Crippen MR) is 158 cm³/mol. The highest BCUT2D eigenvalue weighted by molar-refractivity contribution is 8.00. The average molecular weight is 594 g/mol. The van der Waals surface area contributed by atoms with Gasteiger partial charge in [0.05, 0.1) is 11.1 Å². The molecule has 1 aliphatic carbocycles. The van der Waals surface area contributed by atoms with Crippen LogP contribution in [0.15, 0.2) is 60.0 Å². The molecule has 0 spiro atoms. The highest BCUT2D eigenvalue weighted by atomic mass is 32.2. The minimum absolute atomic E-state index is 0.0776. The number of anilines is 1. The molecule has 0 bridgehead atoms. The maximum absolute atomic E-state index is 13.4. The molecule has 3 N–H and O–H groups in total. The van der Waals surface area contributed by atoms with Crippen molar-refractivity contribution < 1.29 is 23.9 Å². The summed E-state index contributed by atoms with van der Waals surface area (Å²) in [5.74, 6) is -0.222. The molecule has 2 heterocycles. The molecule has 2 aromatic carbocycles. The molecule has 2 atom stereocenters. The van der Waals surface area contributed by atoms with Crippen LogP contribution in [0.5, 0.6) is 0 Å². The summed E-state index contributed by atoms with van der Waals surface area (Å²) in [4.78, 5) is 56.7. The summed E-state index contributed by atoms with van der Waals surface area (Å²) in [6, 6.07) is 16.0. The molecule has 214 valence electrons. The lowest BCUT2D eigenvalue weighted by Gasteiger charge is -2.27. The lowest BCUT2D eigenvalue weighted by atomic mass is 10.1. The van der Waals surface area contributed by atoms with Crippen molar-refractivity contribution in [2.24, 2.45) is 0 Å². The van der Waals surface area contributed by atoms with Gasteiger partial charge in [0, 0.05) is 41.8 Å². The first-order valence-corrected chi connectivity index (χ1v) is 15.3. The molecule has 5 rings (SSSR count). The van der Waals surface area contributed by atoms with Gasteiger partial charge in [-0.1, -0.05) is 42.5 Å². The smallest absolute Gasteiger partial charge is 0.411 e. The molecule has 1 aliphatic heterocycles. The Kier molecular flexibility index (Phi) is 9.20. The van der Waals surface area contributed by atoms with Crippen LogP contribution in [0.4, 0.5) is 9.93 Å². The van der Waals surface area contributed by atoms with Crippen LogP contribution in [-0.2, 0) is 20.9 Å². The van der Waals surface area contributed by atoms with Gasteiger partial charge in [-0.15, -0.1) is 23.1 Å². The zero-order chi connectivity index (χ0) is 28.8. The van der Waals surface area contributed by atoms with Gasteiger partial charge in [-0.25, -0.2) is 9.78 Å². The number of hydrogen-bond donors (Lipinski definition) is 3. The van der Waals surface area contributed by atoms with Crippen molar-refractivity contribution in [3.63, 3.8) is 0 Å². The number of thioether (sulfide) groups is 1. The summed E-state index contributed by atoms with van der Waals surface area (Å²) in [7, 11) is 1.56. The van der Waals surface area contributed by atoms with Crippen LogP contribution in [0.3, 0.4) is 0 Å². The second-order valence-corrected chi connectivity index (χ2v) is 11.9. The van der Waals surface area contributed by atoms with E-state index in [2.05, 4.69) is 20.9 Å². The van der Waals surface area contributed by atoms with Crippen molar-refractivity contribution in [3.8, 4) is 11.3 Å². The summed E-state index contributed by atoms with van der Waals surface area (Å²) in [6.45, 7) is 0.0776. The van der Waals surface area contributed by atoms with Gasteiger partial charge in [-0.05, 0) is 37.0 Å². The summed E-state index contributed by atoms with van der Waals surface area (Å²) in [5, 5.41) is 10.3. The number of benzene rings is 2. The molecule has 2 fully saturated rings. The van der Waals surface area contributed by atoms with E-state index in [1.807, 2.05) is 47.8 Å². The molecule has 12 heteroatoms. The minimum atomic E-state index is -0.783. The fraction of sp³-hybridized carbons (Fsp3) is 0.345. The van der Waals surface area contributed by atoms with Gasteiger partial charge in [0.1, 0.15) is 12.6 Å². The molecular weight excluding hydrogens is 562 g/mol. The van der Waals surface area contributed by atoms with E-state index in [9.17, 15) is 19.2 Å². The number of carbonyl (C=O) groups excluding carboxylic acids is 4. The monoisotopic (exact) mass is 593 g/mol. The van der Waals surface area contributed by atoms with Gasteiger partial charge in [0.25, 0.3) is 5.91 Å². The standard InChI is InChI=1S/C29H31N5O5S2/c1-30-24(35)13-14-25-34(29(38)39-15-18-5-3-2-4-6-18)23(17-40-25)27(37)33-28-32-22(16-41-28)19-7-9-20(10-8-19)26(36)31-21-11-12-21/h2-10,16,21,23,25H,11-15,17H2,1H3,(H,30,35)(H,31,36)(H,32,33,37). The molecule has 3 aromatic rings. The van der Waals surface area contributed by atoms with Crippen molar-refractivity contribution >= 4 is 52.0 Å². The van der Waals surface area contributed by atoms with E-state index in [1.54, 1.807) is 19.2 Å². The zero-order valence-corrected chi connectivity index (χ0v) is 24.1. The van der Waals surface area contributed by atoms with Crippen molar-refractivity contribution in [1.29, 1.82) is 0 Å². The molecule has 41 heavy (non-hydrogen) atoms. The van der Waals surface area contributed by atoms with Gasteiger partial charge < -0.3 is 20.7 Å². The highest BCUT2D eigenvalue weighted by Gasteiger charge is 2.42. The molecule has 2 aliphatic rings. The topological polar surface area (TPSA) is 130 Å². The van der Waals surface area contributed by atoms with Crippen LogP contribution in [0.2, 0.25) is 0 Å². The van der Waals surface area contributed by atoms with Gasteiger partial charge in [-0.2, -0.15) is 0 Å². The fourth-order valence-corrected chi connectivity index (χ4v) is 6.46. The molecule has 2 unspecified atom stereocenters. The lowest BCUT2D eigenvalue weighted by molar-refractivity contribution is -0.120. The Labute approximate surface area is 246 Å². The molecule has 10 nitrogen and oxygen atoms in total. The number of nitrogens with one attached hydrogen (secondary N) is 3. The Hall–Kier alpha value is -3.90. The van der Waals surface area contributed by atoms with E-state index in [-0.39, 0.29) is 42.2 Å². The van der Waals surface area contributed by atoms with E-state index in [1.165, 1.54) is 28.0 Å². The number of carbonyl (C=O) groups is 4. The minimum Gasteiger partial charge on any atom is -0.445 e. The van der Waals surface area contributed by atoms with Crippen LogP contribution in [0.25, 0.3) is 11.3 Å². The Bertz CT molecular complexity index is 1390. The Morgan fingerprint density at radius 3 is 2.51 bits per heavy atom. The number of aromatic nitrogens is 1. The summed E-state index contributed by atoms with van der Waals surface area (Å²) < 4.78 is 5.57. The number of thiazole rings is 1. The number of rotatable bonds is 10. The SMILES string of the molecule is CNC(=O)CCC1SCC(C(=O)Nc2nc(-c3ccc(C(=O)NC4CC4)cc3)cs2)N1C(=O)OCc1ccccc1. The number of amides is 4. The van der Waals surface area contributed by atoms with Crippen molar-refractivity contribution in [2.45, 2.75) is 49.7 Å². The number of ether oxygens (including phenoxy) is 1. The second kappa shape index (κ2) is 13.2. The molecule has 1 saturated carbocycles. The lowest BCUT2D eigenvalue weighted by Crippen LogP contribution is -2.48. The molecule has 4 amide bonds. The third-order valence-corrected chi connectivity index (χ3v) is 8.91. The quantitative estimate of drug-likeness (QED) is 0.321. The third kappa shape index (κ3) is 7.44. The van der Waals surface area contributed by atoms with Gasteiger partial charge >= 0.3 is 6.09 Å². The molecule has 1 aromatic heterocycles. The summed E-state index contributed by atoms with van der Waals surface area (Å²) >= 11 is 2.72. The maximum Gasteiger partial charge on any atom is 0.411 e. The van der Waals surface area contributed by atoms with Gasteiger partial charge in [-0.3, -0.25) is 19.3 Å². The van der Waals surface area contributed by atoms with Crippen molar-refractivity contribution in [2.75, 3.05) is 18.1 Å². The summed E-state index contributed by atoms with van der Waals surface area (Å²) in [5.41, 5.74) is 2.92. The van der Waals surface area contributed by atoms with Gasteiger partial charge in [0.15, 0.2) is 5.13 Å². The average Bonchev–Trinajstić information content (AvgIpc) is 3.51.